The molecule has 3 aromatic rings. The van der Waals surface area contributed by atoms with Gasteiger partial charge in [0.05, 0.1) is 11.5 Å². The Labute approximate surface area is 145 Å². The Morgan fingerprint density at radius 2 is 2.00 bits per heavy atom. The van der Waals surface area contributed by atoms with Crippen LogP contribution in [0.5, 0.6) is 0 Å². The number of nitro benzene ring substituents is 1. The lowest BCUT2D eigenvalue weighted by Crippen LogP contribution is -2.36. The maximum absolute atomic E-state index is 12.6. The van der Waals surface area contributed by atoms with Crippen molar-refractivity contribution >= 4 is 22.5 Å². The summed E-state index contributed by atoms with van der Waals surface area (Å²) in [6, 6.07) is 13.8. The topological polar surface area (TPSA) is 69.0 Å². The molecule has 1 heterocycles. The summed E-state index contributed by atoms with van der Waals surface area (Å²) >= 11 is 0. The fourth-order valence-electron chi connectivity index (χ4n) is 2.91. The highest BCUT2D eigenvalue weighted by atomic mass is 16.6. The van der Waals surface area contributed by atoms with Crippen molar-refractivity contribution in [1.29, 1.82) is 0 Å². The number of carbonyl (C=O) groups excluding carboxylic acids is 1. The van der Waals surface area contributed by atoms with E-state index in [-0.39, 0.29) is 18.0 Å². The van der Waals surface area contributed by atoms with Crippen molar-refractivity contribution in [2.45, 2.75) is 32.9 Å². The van der Waals surface area contributed by atoms with Crippen LogP contribution in [0.25, 0.3) is 11.0 Å². The van der Waals surface area contributed by atoms with E-state index in [1.165, 1.54) is 12.1 Å². The lowest BCUT2D eigenvalue weighted by Gasteiger charge is -1.99. The van der Waals surface area contributed by atoms with Gasteiger partial charge in [0, 0.05) is 17.7 Å². The average Bonchev–Trinajstić information content (AvgIpc) is 2.98. The van der Waals surface area contributed by atoms with Crippen LogP contribution < -0.4 is 4.57 Å². The van der Waals surface area contributed by atoms with Crippen LogP contribution in [0.15, 0.2) is 54.9 Å². The number of unbranched alkanes of at least 4 members (excludes halogenated alkanes) is 1. The molecule has 128 valence electrons. The molecule has 3 rings (SSSR count). The van der Waals surface area contributed by atoms with Gasteiger partial charge in [-0.15, -0.1) is 0 Å². The number of hydrogen-bond donors (Lipinski definition) is 0. The average molecular weight is 338 g/mol. The summed E-state index contributed by atoms with van der Waals surface area (Å²) in [6.45, 7) is 3.20. The lowest BCUT2D eigenvalue weighted by atomic mass is 10.1. The lowest BCUT2D eigenvalue weighted by molar-refractivity contribution is -0.658. The summed E-state index contributed by atoms with van der Waals surface area (Å²) < 4.78 is 4.06. The Hall–Kier alpha value is -3.02. The summed E-state index contributed by atoms with van der Waals surface area (Å²) in [4.78, 5) is 23.0. The molecule has 0 radical (unpaired) electrons. The second-order valence-corrected chi connectivity index (χ2v) is 6.01. The van der Waals surface area contributed by atoms with Gasteiger partial charge in [0.2, 0.25) is 12.1 Å². The van der Waals surface area contributed by atoms with Gasteiger partial charge >= 0.3 is 0 Å². The zero-order chi connectivity index (χ0) is 17.8. The molecule has 25 heavy (non-hydrogen) atoms. The number of hydrogen-bond acceptors (Lipinski definition) is 3. The molecule has 0 aliphatic rings. The molecule has 6 heteroatoms. The van der Waals surface area contributed by atoms with Gasteiger partial charge in [-0.2, -0.15) is 0 Å². The van der Waals surface area contributed by atoms with Gasteiger partial charge in [-0.3, -0.25) is 14.9 Å². The van der Waals surface area contributed by atoms with E-state index in [9.17, 15) is 14.9 Å². The standard InChI is InChI=1S/C19H20N3O3/c1-2-3-11-20-14-21(18-10-5-4-9-17(18)20)13-19(23)15-7-6-8-16(12-15)22(24)25/h4-10,12,14H,2-3,11,13H2,1H3/q+1. The maximum atomic E-state index is 12.6. The highest BCUT2D eigenvalue weighted by Gasteiger charge is 2.19. The number of Topliss-reactive ketones (excluding diaryl/α,β-unsaturated/α-hetero) is 1. The summed E-state index contributed by atoms with van der Waals surface area (Å²) in [6.07, 6.45) is 4.12. The first-order valence-corrected chi connectivity index (χ1v) is 8.35. The zero-order valence-corrected chi connectivity index (χ0v) is 14.1. The Balaban J connectivity index is 1.91. The van der Waals surface area contributed by atoms with Crippen LogP contribution in [0, 0.1) is 10.1 Å². The number of benzene rings is 2. The summed E-state index contributed by atoms with van der Waals surface area (Å²) in [5.74, 6) is -0.146. The normalized spacial score (nSPS) is 10.9. The number of aryl methyl sites for hydroxylation is 1. The fourth-order valence-corrected chi connectivity index (χ4v) is 2.91. The van der Waals surface area contributed by atoms with E-state index < -0.39 is 4.92 Å². The third-order valence-corrected chi connectivity index (χ3v) is 4.22. The summed E-state index contributed by atoms with van der Waals surface area (Å²) in [7, 11) is 0. The van der Waals surface area contributed by atoms with Gasteiger partial charge in [0.25, 0.3) is 5.69 Å². The Kier molecular flexibility index (Phi) is 4.88. The largest absolute Gasteiger partial charge is 0.290 e. The number of imidazole rings is 1. The van der Waals surface area contributed by atoms with Crippen molar-refractivity contribution in [2.24, 2.45) is 0 Å². The molecule has 0 saturated heterocycles. The van der Waals surface area contributed by atoms with Gasteiger partial charge in [-0.1, -0.05) is 37.6 Å². The summed E-state index contributed by atoms with van der Waals surface area (Å²) in [5.41, 5.74) is 2.36. The Bertz CT molecular complexity index is 931. The Morgan fingerprint density at radius 1 is 1.20 bits per heavy atom. The first-order chi connectivity index (χ1) is 12.1. The van der Waals surface area contributed by atoms with E-state index in [0.29, 0.717) is 5.56 Å². The van der Waals surface area contributed by atoms with Crippen molar-refractivity contribution in [1.82, 2.24) is 4.57 Å². The van der Waals surface area contributed by atoms with Crippen LogP contribution in [0.1, 0.15) is 30.1 Å². The van der Waals surface area contributed by atoms with Crippen molar-refractivity contribution in [2.75, 3.05) is 0 Å². The smallest absolute Gasteiger partial charge is 0.270 e. The third kappa shape index (κ3) is 3.57. The van der Waals surface area contributed by atoms with E-state index in [1.54, 1.807) is 12.1 Å². The Morgan fingerprint density at radius 3 is 2.76 bits per heavy atom. The van der Waals surface area contributed by atoms with Crippen molar-refractivity contribution in [3.05, 3.63) is 70.5 Å². The second-order valence-electron chi connectivity index (χ2n) is 6.01. The maximum Gasteiger partial charge on any atom is 0.270 e. The highest BCUT2D eigenvalue weighted by molar-refractivity contribution is 5.95. The van der Waals surface area contributed by atoms with Crippen molar-refractivity contribution in [3.63, 3.8) is 0 Å². The fraction of sp³-hybridized carbons (Fsp3) is 0.263. The number of rotatable bonds is 7. The van der Waals surface area contributed by atoms with Crippen LogP contribution in [0.2, 0.25) is 0 Å². The first-order valence-electron chi connectivity index (χ1n) is 8.35. The molecule has 0 aliphatic heterocycles. The van der Waals surface area contributed by atoms with Gasteiger partial charge in [0.15, 0.2) is 17.6 Å². The molecule has 6 nitrogen and oxygen atoms in total. The van der Waals surface area contributed by atoms with E-state index in [1.807, 2.05) is 35.2 Å². The molecule has 0 unspecified atom stereocenters. The molecular weight excluding hydrogens is 318 g/mol. The number of carbonyl (C=O) groups is 1. The van der Waals surface area contributed by atoms with Gasteiger partial charge in [-0.25, -0.2) is 9.13 Å². The first kappa shape index (κ1) is 16.8. The van der Waals surface area contributed by atoms with E-state index in [4.69, 9.17) is 0 Å². The second kappa shape index (κ2) is 7.25. The minimum Gasteiger partial charge on any atom is -0.290 e. The molecule has 0 saturated carbocycles. The highest BCUT2D eigenvalue weighted by Crippen LogP contribution is 2.15. The molecule has 1 aromatic heterocycles. The predicted molar refractivity (Wildman–Crippen MR) is 94.5 cm³/mol. The number of fused-ring (bicyclic) bond motifs is 1. The van der Waals surface area contributed by atoms with E-state index in [2.05, 4.69) is 11.5 Å². The van der Waals surface area contributed by atoms with Gasteiger partial charge in [0.1, 0.15) is 0 Å². The molecule has 0 bridgehead atoms. The number of para-hydroxylation sites is 2. The molecule has 0 aliphatic carbocycles. The molecule has 2 aromatic carbocycles. The van der Waals surface area contributed by atoms with Crippen LogP contribution in [0.3, 0.4) is 0 Å². The number of aromatic nitrogens is 2. The van der Waals surface area contributed by atoms with Crippen LogP contribution in [0.4, 0.5) is 5.69 Å². The molecule has 0 amide bonds. The van der Waals surface area contributed by atoms with Crippen LogP contribution >= 0.6 is 0 Å². The summed E-state index contributed by atoms with van der Waals surface area (Å²) in [5, 5.41) is 10.9. The quantitative estimate of drug-likeness (QED) is 0.286. The third-order valence-electron chi connectivity index (χ3n) is 4.22. The van der Waals surface area contributed by atoms with Crippen molar-refractivity contribution in [3.8, 4) is 0 Å². The molecule has 0 fully saturated rings. The van der Waals surface area contributed by atoms with E-state index in [0.717, 1.165) is 30.4 Å². The minimum absolute atomic E-state index is 0.0683. The molecule has 0 N–H and O–H groups in total. The van der Waals surface area contributed by atoms with Crippen LogP contribution in [-0.4, -0.2) is 15.3 Å². The van der Waals surface area contributed by atoms with Crippen molar-refractivity contribution < 1.29 is 14.3 Å². The molecule has 0 atom stereocenters. The van der Waals surface area contributed by atoms with E-state index >= 15 is 0 Å². The minimum atomic E-state index is -0.486. The number of ketones is 1. The monoisotopic (exact) mass is 338 g/mol. The SMILES string of the molecule is CCCCn1c[n+](CC(=O)c2cccc([N+](=O)[O-])c2)c2ccccc21. The van der Waals surface area contributed by atoms with Gasteiger partial charge in [-0.05, 0) is 18.6 Å². The zero-order valence-electron chi connectivity index (χ0n) is 14.1. The predicted octanol–water partition coefficient (Wildman–Crippen LogP) is 3.52. The number of non-ortho nitro benzene ring substituents is 1. The molecule has 0 spiro atoms. The van der Waals surface area contributed by atoms with Crippen LogP contribution in [-0.2, 0) is 13.1 Å². The molecular formula is C19H20N3O3+. The van der Waals surface area contributed by atoms with Gasteiger partial charge < -0.3 is 0 Å². The number of nitro groups is 1. The number of nitrogens with zero attached hydrogens (tertiary/aromatic N) is 3.